The van der Waals surface area contributed by atoms with Crippen LogP contribution in [0.2, 0.25) is 5.02 Å². The zero-order valence-electron chi connectivity index (χ0n) is 15.2. The molecule has 2 fully saturated rings. The van der Waals surface area contributed by atoms with Gasteiger partial charge in [0.15, 0.2) is 0 Å². The van der Waals surface area contributed by atoms with Crippen molar-refractivity contribution in [1.29, 1.82) is 0 Å². The molecule has 1 aromatic carbocycles. The molecule has 3 heterocycles. The second-order valence-corrected chi connectivity index (χ2v) is 9.66. The first-order valence-electron chi connectivity index (χ1n) is 8.86. The van der Waals surface area contributed by atoms with Crippen LogP contribution in [0.4, 0.5) is 5.82 Å². The van der Waals surface area contributed by atoms with Gasteiger partial charge in [-0.05, 0) is 23.8 Å². The van der Waals surface area contributed by atoms with E-state index < -0.39 is 31.6 Å². The highest BCUT2D eigenvalue weighted by atomic mass is 35.5. The number of phosphoric ester groups is 1. The molecular weight excluding hydrogens is 441 g/mol. The van der Waals surface area contributed by atoms with Gasteiger partial charge in [0.1, 0.15) is 36.8 Å². The monoisotopic (exact) mass is 459 g/mol. The number of benzene rings is 1. The molecule has 2 aliphatic heterocycles. The number of hydrogen-bond donors (Lipinski definition) is 1. The summed E-state index contributed by atoms with van der Waals surface area (Å²) in [6, 6.07) is 8.70. The Bertz CT molecular complexity index is 936. The molecular formula is C17H19ClN3O6PS. The van der Waals surface area contributed by atoms with E-state index in [2.05, 4.69) is 4.98 Å². The van der Waals surface area contributed by atoms with Gasteiger partial charge in [-0.1, -0.05) is 23.7 Å². The quantitative estimate of drug-likeness (QED) is 0.671. The lowest BCUT2D eigenvalue weighted by Gasteiger charge is -2.33. The van der Waals surface area contributed by atoms with Crippen molar-refractivity contribution in [3.8, 4) is 0 Å². The molecule has 0 saturated carbocycles. The number of aromatic nitrogens is 2. The van der Waals surface area contributed by atoms with Crippen molar-refractivity contribution in [1.82, 2.24) is 9.55 Å². The Labute approximate surface area is 176 Å². The summed E-state index contributed by atoms with van der Waals surface area (Å²) >= 11 is 7.45. The van der Waals surface area contributed by atoms with Gasteiger partial charge in [0.2, 0.25) is 0 Å². The van der Waals surface area contributed by atoms with E-state index in [4.69, 9.17) is 35.6 Å². The fourth-order valence-corrected chi connectivity index (χ4v) is 5.66. The summed E-state index contributed by atoms with van der Waals surface area (Å²) < 4.78 is 23.5. The van der Waals surface area contributed by atoms with E-state index in [0.29, 0.717) is 17.2 Å². The van der Waals surface area contributed by atoms with Crippen LogP contribution in [-0.4, -0.2) is 34.0 Å². The van der Waals surface area contributed by atoms with Crippen LogP contribution in [0.3, 0.4) is 0 Å². The number of rotatable bonds is 5. The maximum absolute atomic E-state index is 12.9. The van der Waals surface area contributed by atoms with Crippen molar-refractivity contribution in [2.45, 2.75) is 24.2 Å². The Balaban J connectivity index is 1.34. The number of thioether (sulfide) groups is 1. The van der Waals surface area contributed by atoms with Crippen molar-refractivity contribution in [3.05, 3.63) is 57.6 Å². The van der Waals surface area contributed by atoms with Gasteiger partial charge in [-0.15, -0.1) is 11.8 Å². The van der Waals surface area contributed by atoms with Crippen LogP contribution in [0.25, 0.3) is 0 Å². The normalized spacial score (nSPS) is 29.8. The van der Waals surface area contributed by atoms with Gasteiger partial charge >= 0.3 is 13.9 Å². The molecule has 4 rings (SSSR count). The Morgan fingerprint density at radius 2 is 2.31 bits per heavy atom. The third-order valence-corrected chi connectivity index (χ3v) is 7.18. The van der Waals surface area contributed by atoms with E-state index in [0.717, 1.165) is 5.56 Å². The number of anilines is 1. The van der Waals surface area contributed by atoms with Crippen LogP contribution < -0.4 is 16.3 Å². The Hall–Kier alpha value is -1.23. The smallest absolute Gasteiger partial charge is 0.380 e. The van der Waals surface area contributed by atoms with Gasteiger partial charge in [0.05, 0.1) is 0 Å². The second-order valence-electron chi connectivity index (χ2n) is 6.41. The molecule has 29 heavy (non-hydrogen) atoms. The topological polar surface area (TPSA) is 121 Å². The largest absolute Gasteiger partial charge is 0.606 e. The van der Waals surface area contributed by atoms with Gasteiger partial charge in [-0.25, -0.2) is 4.79 Å². The summed E-state index contributed by atoms with van der Waals surface area (Å²) in [5, 5.41) is 0.572. The first kappa shape index (κ1) is 21.0. The zero-order chi connectivity index (χ0) is 20.4. The Morgan fingerprint density at radius 1 is 1.45 bits per heavy atom. The third-order valence-electron chi connectivity index (χ3n) is 4.37. The predicted octanol–water partition coefficient (Wildman–Crippen LogP) is 2.30. The molecule has 0 spiro atoms. The second kappa shape index (κ2) is 8.87. The molecule has 0 amide bonds. The van der Waals surface area contributed by atoms with Crippen molar-refractivity contribution in [3.63, 3.8) is 0 Å². The van der Waals surface area contributed by atoms with E-state index in [9.17, 15) is 9.69 Å². The van der Waals surface area contributed by atoms with Gasteiger partial charge in [-0.2, -0.15) is 18.6 Å². The van der Waals surface area contributed by atoms with Crippen LogP contribution >= 0.6 is 31.5 Å². The standard InChI is InChI=1S/C17H19ClN3O6PS/c18-12-3-1-2-11(8-12)13-5-7-24-28(23,27-13)25-9-16-26-15(10-29-16)21-6-4-14(19)20-17(21)22/h1-4,6,8,13,15-16H,5,7,9-10H2,(H2,19,20,22)/t13-,15+,16-,28?/m1/s1. The summed E-state index contributed by atoms with van der Waals surface area (Å²) in [6.07, 6.45) is 1.13. The van der Waals surface area contributed by atoms with E-state index in [1.54, 1.807) is 18.2 Å². The highest BCUT2D eigenvalue weighted by Crippen LogP contribution is 2.60. The van der Waals surface area contributed by atoms with E-state index >= 15 is 0 Å². The molecule has 2 N–H and O–H groups in total. The van der Waals surface area contributed by atoms with Gasteiger partial charge < -0.3 is 15.4 Å². The van der Waals surface area contributed by atoms with E-state index in [1.165, 1.54) is 28.6 Å². The van der Waals surface area contributed by atoms with Gasteiger partial charge in [0.25, 0.3) is 0 Å². The maximum Gasteiger partial charge on any atom is 0.380 e. The first-order chi connectivity index (χ1) is 13.9. The minimum Gasteiger partial charge on any atom is -0.606 e. The summed E-state index contributed by atoms with van der Waals surface area (Å²) in [4.78, 5) is 28.5. The number of nitrogens with zero attached hydrogens (tertiary/aromatic N) is 2. The van der Waals surface area contributed by atoms with Crippen molar-refractivity contribution in [2.75, 3.05) is 24.7 Å². The van der Waals surface area contributed by atoms with E-state index in [1.807, 2.05) is 6.07 Å². The number of nitrogen functional groups attached to an aromatic ring is 1. The van der Waals surface area contributed by atoms with Crippen molar-refractivity contribution >= 4 is 37.4 Å². The highest BCUT2D eigenvalue weighted by Gasteiger charge is 2.43. The molecule has 2 aromatic rings. The molecule has 0 radical (unpaired) electrons. The fourth-order valence-electron chi connectivity index (χ4n) is 2.99. The first-order valence-corrected chi connectivity index (χ1v) is 11.8. The third kappa shape index (κ3) is 5.10. The lowest BCUT2D eigenvalue weighted by atomic mass is 10.1. The van der Waals surface area contributed by atoms with Gasteiger partial charge in [-0.3, -0.25) is 4.57 Å². The van der Waals surface area contributed by atoms with Crippen molar-refractivity contribution in [2.24, 2.45) is 0 Å². The number of phosphoric acid groups is 1. The highest BCUT2D eigenvalue weighted by molar-refractivity contribution is 8.00. The fraction of sp³-hybridized carbons (Fsp3) is 0.412. The maximum atomic E-state index is 12.9. The minimum absolute atomic E-state index is 0.0160. The Morgan fingerprint density at radius 3 is 3.10 bits per heavy atom. The summed E-state index contributed by atoms with van der Waals surface area (Å²) in [6.45, 7) is 0.222. The minimum atomic E-state index is -3.74. The summed E-state index contributed by atoms with van der Waals surface area (Å²) in [5.41, 5.74) is 5.39. The number of hydrogen-bond acceptors (Lipinski definition) is 9. The number of ether oxygens (including phenoxy) is 1. The average Bonchev–Trinajstić information content (AvgIpc) is 3.15. The predicted molar refractivity (Wildman–Crippen MR) is 108 cm³/mol. The summed E-state index contributed by atoms with van der Waals surface area (Å²) in [7, 11) is -3.74. The van der Waals surface area contributed by atoms with E-state index in [-0.39, 0.29) is 19.0 Å². The number of nitrogens with two attached hydrogens (primary N) is 1. The molecule has 1 aromatic heterocycles. The molecule has 0 aliphatic carbocycles. The van der Waals surface area contributed by atoms with Crippen LogP contribution in [-0.2, 0) is 18.3 Å². The molecule has 2 aliphatic rings. The lowest BCUT2D eigenvalue weighted by molar-refractivity contribution is -0.263. The molecule has 12 heteroatoms. The molecule has 2 saturated heterocycles. The lowest BCUT2D eigenvalue weighted by Crippen LogP contribution is -2.30. The zero-order valence-corrected chi connectivity index (χ0v) is 17.6. The average molecular weight is 460 g/mol. The van der Waals surface area contributed by atoms with Crippen LogP contribution in [0, 0.1) is 0 Å². The molecule has 156 valence electrons. The van der Waals surface area contributed by atoms with Crippen LogP contribution in [0.5, 0.6) is 0 Å². The SMILES string of the molecule is Nc1ccn([C@@H]2CS[C@H](CO[P+]3([O-])OCC[C@H](c4cccc(Cl)c4)O3)O2)c(=O)n1. The van der Waals surface area contributed by atoms with Crippen molar-refractivity contribution < 1.29 is 23.2 Å². The van der Waals surface area contributed by atoms with Crippen LogP contribution in [0.1, 0.15) is 24.3 Å². The van der Waals surface area contributed by atoms with Gasteiger partial charge in [0, 0.05) is 23.4 Å². The number of halogens is 1. The molecule has 1 unspecified atom stereocenters. The molecule has 0 bridgehead atoms. The molecule has 9 nitrogen and oxygen atoms in total. The summed E-state index contributed by atoms with van der Waals surface area (Å²) in [5.74, 6) is 0.659. The molecule has 4 atom stereocenters. The Kier molecular flexibility index (Phi) is 6.43. The van der Waals surface area contributed by atoms with Crippen LogP contribution in [0.15, 0.2) is 41.3 Å².